The molecule has 1 fully saturated rings. The van der Waals surface area contributed by atoms with Crippen molar-refractivity contribution in [2.45, 2.75) is 25.8 Å². The molecule has 1 aliphatic rings. The van der Waals surface area contributed by atoms with Crippen molar-refractivity contribution >= 4 is 34.3 Å². The Morgan fingerprint density at radius 2 is 1.76 bits per heavy atom. The third-order valence-corrected chi connectivity index (χ3v) is 5.06. The highest BCUT2D eigenvalue weighted by Gasteiger charge is 2.12. The Morgan fingerprint density at radius 1 is 1.00 bits per heavy atom. The quantitative estimate of drug-likeness (QED) is 0.652. The minimum Gasteiger partial charge on any atom is -0.454 e. The average molecular weight is 392 g/mol. The Labute approximate surface area is 169 Å². The van der Waals surface area contributed by atoms with Gasteiger partial charge in [-0.05, 0) is 55.7 Å². The van der Waals surface area contributed by atoms with Gasteiger partial charge in [0.05, 0.1) is 17.4 Å². The number of nitrogens with zero attached hydrogens (tertiary/aromatic N) is 3. The molecule has 2 heterocycles. The Morgan fingerprint density at radius 3 is 2.55 bits per heavy atom. The fourth-order valence-electron chi connectivity index (χ4n) is 3.57. The molecule has 150 valence electrons. The number of carbonyl (C=O) groups excluding carboxylic acids is 2. The summed E-state index contributed by atoms with van der Waals surface area (Å²) < 4.78 is 6.81. The second-order valence-corrected chi connectivity index (χ2v) is 7.16. The van der Waals surface area contributed by atoms with Crippen molar-refractivity contribution in [1.29, 1.82) is 0 Å². The van der Waals surface area contributed by atoms with E-state index in [2.05, 4.69) is 15.2 Å². The van der Waals surface area contributed by atoms with Crippen molar-refractivity contribution in [3.63, 3.8) is 0 Å². The number of carbonyl (C=O) groups is 2. The van der Waals surface area contributed by atoms with E-state index in [0.717, 1.165) is 24.1 Å². The van der Waals surface area contributed by atoms with Crippen LogP contribution in [0.25, 0.3) is 11.0 Å². The van der Waals surface area contributed by atoms with Crippen LogP contribution in [0, 0.1) is 0 Å². The highest BCUT2D eigenvalue weighted by molar-refractivity contribution is 5.93. The Kier molecular flexibility index (Phi) is 5.74. The zero-order chi connectivity index (χ0) is 20.1. The van der Waals surface area contributed by atoms with E-state index < -0.39 is 5.97 Å². The van der Waals surface area contributed by atoms with Crippen LogP contribution in [0.2, 0.25) is 0 Å². The number of anilines is 2. The second kappa shape index (κ2) is 8.77. The zero-order valence-electron chi connectivity index (χ0n) is 16.2. The number of piperidine rings is 1. The summed E-state index contributed by atoms with van der Waals surface area (Å²) in [6, 6.07) is 15.3. The van der Waals surface area contributed by atoms with Gasteiger partial charge in [0.2, 0.25) is 0 Å². The lowest BCUT2D eigenvalue weighted by atomic mass is 10.1. The lowest BCUT2D eigenvalue weighted by Crippen LogP contribution is -2.29. The van der Waals surface area contributed by atoms with Crippen LogP contribution in [0.4, 0.5) is 11.4 Å². The maximum Gasteiger partial charge on any atom is 0.326 e. The first kappa shape index (κ1) is 19.0. The van der Waals surface area contributed by atoms with Crippen LogP contribution in [-0.2, 0) is 20.9 Å². The molecular weight excluding hydrogens is 368 g/mol. The van der Waals surface area contributed by atoms with Crippen LogP contribution in [-0.4, -0.2) is 41.1 Å². The third-order valence-electron chi connectivity index (χ3n) is 5.06. The van der Waals surface area contributed by atoms with Crippen molar-refractivity contribution < 1.29 is 14.3 Å². The summed E-state index contributed by atoms with van der Waals surface area (Å²) in [4.78, 5) is 30.8. The van der Waals surface area contributed by atoms with Gasteiger partial charge < -0.3 is 19.5 Å². The lowest BCUT2D eigenvalue weighted by Gasteiger charge is -2.28. The SMILES string of the molecule is O=C(COC(=O)Cn1cnc2ccccc21)Nc1ccc(N2CCCCC2)cc1. The summed E-state index contributed by atoms with van der Waals surface area (Å²) in [6.07, 6.45) is 5.33. The maximum atomic E-state index is 12.1. The van der Waals surface area contributed by atoms with E-state index >= 15 is 0 Å². The third kappa shape index (κ3) is 4.74. The van der Waals surface area contributed by atoms with Crippen LogP contribution in [0.15, 0.2) is 54.9 Å². The molecule has 0 saturated carbocycles. The number of hydrogen-bond acceptors (Lipinski definition) is 5. The van der Waals surface area contributed by atoms with E-state index in [4.69, 9.17) is 4.74 Å². The molecule has 0 bridgehead atoms. The predicted molar refractivity (Wildman–Crippen MR) is 112 cm³/mol. The molecule has 29 heavy (non-hydrogen) atoms. The normalized spacial score (nSPS) is 14.0. The molecule has 2 aromatic carbocycles. The van der Waals surface area contributed by atoms with E-state index in [-0.39, 0.29) is 19.1 Å². The van der Waals surface area contributed by atoms with Gasteiger partial charge in [0.25, 0.3) is 5.91 Å². The van der Waals surface area contributed by atoms with E-state index in [9.17, 15) is 9.59 Å². The Hall–Kier alpha value is -3.35. The number of fused-ring (bicyclic) bond motifs is 1. The molecule has 1 saturated heterocycles. The first-order chi connectivity index (χ1) is 14.2. The van der Waals surface area contributed by atoms with Gasteiger partial charge >= 0.3 is 5.97 Å². The van der Waals surface area contributed by atoms with Crippen molar-refractivity contribution in [1.82, 2.24) is 9.55 Å². The summed E-state index contributed by atoms with van der Waals surface area (Å²) in [5.41, 5.74) is 3.52. The number of imidazole rings is 1. The summed E-state index contributed by atoms with van der Waals surface area (Å²) in [7, 11) is 0. The van der Waals surface area contributed by atoms with Gasteiger partial charge in [-0.2, -0.15) is 0 Å². The van der Waals surface area contributed by atoms with Crippen LogP contribution in [0.5, 0.6) is 0 Å². The molecule has 0 aliphatic carbocycles. The molecule has 1 aliphatic heterocycles. The largest absolute Gasteiger partial charge is 0.454 e. The molecule has 0 spiro atoms. The van der Waals surface area contributed by atoms with Crippen LogP contribution < -0.4 is 10.2 Å². The van der Waals surface area contributed by atoms with Gasteiger partial charge in [-0.15, -0.1) is 0 Å². The molecule has 4 rings (SSSR count). The first-order valence-electron chi connectivity index (χ1n) is 9.89. The standard InChI is InChI=1S/C22H24N4O3/c27-21(24-17-8-10-18(11-9-17)25-12-4-1-5-13-25)15-29-22(28)14-26-16-23-19-6-2-3-7-20(19)26/h2-3,6-11,16H,1,4-5,12-15H2,(H,24,27). The lowest BCUT2D eigenvalue weighted by molar-refractivity contribution is -0.147. The fourth-order valence-corrected chi connectivity index (χ4v) is 3.57. The molecule has 7 nitrogen and oxygen atoms in total. The number of para-hydroxylation sites is 2. The highest BCUT2D eigenvalue weighted by atomic mass is 16.5. The summed E-state index contributed by atoms with van der Waals surface area (Å²) in [5, 5.41) is 2.76. The molecule has 0 unspecified atom stereocenters. The number of esters is 1. The maximum absolute atomic E-state index is 12.1. The van der Waals surface area contributed by atoms with Gasteiger partial charge in [0.1, 0.15) is 6.54 Å². The van der Waals surface area contributed by atoms with Gasteiger partial charge in [-0.25, -0.2) is 4.98 Å². The number of benzene rings is 2. The fraction of sp³-hybridized carbons (Fsp3) is 0.318. The smallest absolute Gasteiger partial charge is 0.326 e. The summed E-state index contributed by atoms with van der Waals surface area (Å²) in [6.45, 7) is 1.85. The number of ether oxygens (including phenoxy) is 1. The molecule has 7 heteroatoms. The van der Waals surface area contributed by atoms with Crippen LogP contribution >= 0.6 is 0 Å². The topological polar surface area (TPSA) is 76.5 Å². The van der Waals surface area contributed by atoms with Crippen LogP contribution in [0.1, 0.15) is 19.3 Å². The summed E-state index contributed by atoms with van der Waals surface area (Å²) >= 11 is 0. The van der Waals surface area contributed by atoms with E-state index in [1.54, 1.807) is 10.9 Å². The van der Waals surface area contributed by atoms with E-state index in [1.165, 1.54) is 24.9 Å². The molecule has 1 N–H and O–H groups in total. The number of nitrogens with one attached hydrogen (secondary N) is 1. The van der Waals surface area contributed by atoms with Gasteiger partial charge in [-0.3, -0.25) is 9.59 Å². The number of rotatable bonds is 6. The zero-order valence-corrected chi connectivity index (χ0v) is 16.2. The molecular formula is C22H24N4O3. The molecule has 0 radical (unpaired) electrons. The van der Waals surface area contributed by atoms with Crippen molar-refractivity contribution in [2.24, 2.45) is 0 Å². The molecule has 0 atom stereocenters. The first-order valence-corrected chi connectivity index (χ1v) is 9.89. The molecule has 1 aromatic heterocycles. The average Bonchev–Trinajstić information content (AvgIpc) is 3.16. The summed E-state index contributed by atoms with van der Waals surface area (Å²) in [5.74, 6) is -0.844. The number of amides is 1. The number of hydrogen-bond donors (Lipinski definition) is 1. The van der Waals surface area contributed by atoms with E-state index in [1.807, 2.05) is 48.5 Å². The predicted octanol–water partition coefficient (Wildman–Crippen LogP) is 3.21. The minimum atomic E-state index is -0.483. The van der Waals surface area contributed by atoms with Gasteiger partial charge in [0, 0.05) is 24.5 Å². The van der Waals surface area contributed by atoms with Gasteiger partial charge in [0.15, 0.2) is 6.61 Å². The highest BCUT2D eigenvalue weighted by Crippen LogP contribution is 2.21. The van der Waals surface area contributed by atoms with Crippen LogP contribution in [0.3, 0.4) is 0 Å². The van der Waals surface area contributed by atoms with Crippen molar-refractivity contribution in [3.05, 3.63) is 54.9 Å². The molecule has 1 amide bonds. The Bertz CT molecular complexity index is 991. The monoisotopic (exact) mass is 392 g/mol. The van der Waals surface area contributed by atoms with Crippen molar-refractivity contribution in [3.8, 4) is 0 Å². The van der Waals surface area contributed by atoms with Crippen molar-refractivity contribution in [2.75, 3.05) is 29.9 Å². The number of aromatic nitrogens is 2. The Balaban J connectivity index is 1.25. The minimum absolute atomic E-state index is 0.0122. The molecule has 3 aromatic rings. The van der Waals surface area contributed by atoms with E-state index in [0.29, 0.717) is 5.69 Å². The second-order valence-electron chi connectivity index (χ2n) is 7.16. The van der Waals surface area contributed by atoms with Gasteiger partial charge in [-0.1, -0.05) is 12.1 Å².